The normalized spacial score (nSPS) is 12.9. The van der Waals surface area contributed by atoms with E-state index in [1.54, 1.807) is 11.3 Å². The number of benzene rings is 2. The summed E-state index contributed by atoms with van der Waals surface area (Å²) in [6.07, 6.45) is 7.66. The molecule has 4 heterocycles. The number of furan rings is 1. The Morgan fingerprint density at radius 2 is 1.60 bits per heavy atom. The van der Waals surface area contributed by atoms with Crippen LogP contribution >= 0.6 is 22.7 Å². The second kappa shape index (κ2) is 16.3. The second-order valence-corrected chi connectivity index (χ2v) is 18.2. The topological polar surface area (TPSA) is 63.3 Å². The van der Waals surface area contributed by atoms with Gasteiger partial charge in [-0.25, -0.2) is 0 Å². The average molecular weight is 915 g/mol. The zero-order valence-electron chi connectivity index (χ0n) is 33.1. The molecule has 0 aliphatic rings. The van der Waals surface area contributed by atoms with Crippen LogP contribution in [0.4, 0.5) is 0 Å². The summed E-state index contributed by atoms with van der Waals surface area (Å²) in [5.74, 6) is 1.96. The van der Waals surface area contributed by atoms with Gasteiger partial charge in [0, 0.05) is 70.1 Å². The van der Waals surface area contributed by atoms with Gasteiger partial charge >= 0.3 is 0 Å². The first kappa shape index (κ1) is 41.9. The van der Waals surface area contributed by atoms with Crippen LogP contribution in [-0.4, -0.2) is 15.9 Å². The summed E-state index contributed by atoms with van der Waals surface area (Å²) in [5.41, 5.74) is 5.11. The van der Waals surface area contributed by atoms with Crippen LogP contribution in [0, 0.1) is 29.7 Å². The molecule has 4 aromatic heterocycles. The van der Waals surface area contributed by atoms with E-state index in [2.05, 4.69) is 83.3 Å². The molecule has 7 heteroatoms. The number of aliphatic hydroxyl groups excluding tert-OH is 1. The quantitative estimate of drug-likeness (QED) is 0.0845. The molecule has 0 atom stereocenters. The van der Waals surface area contributed by atoms with Crippen LogP contribution < -0.4 is 0 Å². The Bertz CT molecular complexity index is 2220. The van der Waals surface area contributed by atoms with Crippen LogP contribution in [0.1, 0.15) is 119 Å². The van der Waals surface area contributed by atoms with Crippen molar-refractivity contribution in [3.8, 4) is 11.3 Å². The number of aliphatic hydroxyl groups is 1. The molecular formula is C45H56IrNO3S2-. The third-order valence-corrected chi connectivity index (χ3v) is 13.3. The molecule has 0 amide bonds. The van der Waals surface area contributed by atoms with Crippen molar-refractivity contribution < 1.29 is 34.4 Å². The van der Waals surface area contributed by atoms with Crippen molar-refractivity contribution in [3.63, 3.8) is 0 Å². The maximum Gasteiger partial charge on any atom is 0.164 e. The van der Waals surface area contributed by atoms with Gasteiger partial charge in [-0.2, -0.15) is 11.3 Å². The number of pyridine rings is 1. The minimum atomic E-state index is -0.337. The number of nitrogens with zero attached hydrogens (tertiary/aromatic N) is 1. The number of carbonyl (C=O) groups excluding carboxylic acids is 1. The molecule has 281 valence electrons. The van der Waals surface area contributed by atoms with E-state index in [0.717, 1.165) is 54.7 Å². The molecule has 1 N–H and O–H groups in total. The van der Waals surface area contributed by atoms with Gasteiger partial charge in [-0.1, -0.05) is 87.3 Å². The van der Waals surface area contributed by atoms with Crippen molar-refractivity contribution in [1.29, 1.82) is 0 Å². The molecular weight excluding hydrogens is 859 g/mol. The molecule has 0 saturated carbocycles. The van der Waals surface area contributed by atoms with Crippen LogP contribution in [-0.2, 0) is 36.7 Å². The molecule has 0 aliphatic heterocycles. The first-order valence-electron chi connectivity index (χ1n) is 18.6. The number of thiophene rings is 2. The van der Waals surface area contributed by atoms with Crippen LogP contribution in [0.25, 0.3) is 52.5 Å². The van der Waals surface area contributed by atoms with Crippen molar-refractivity contribution in [2.24, 2.45) is 16.7 Å². The van der Waals surface area contributed by atoms with Crippen LogP contribution in [0.15, 0.2) is 58.2 Å². The summed E-state index contributed by atoms with van der Waals surface area (Å²) < 4.78 is 10.2. The maximum absolute atomic E-state index is 12.2. The van der Waals surface area contributed by atoms with E-state index >= 15 is 0 Å². The monoisotopic (exact) mass is 915 g/mol. The number of carbonyl (C=O) groups is 1. The molecule has 6 rings (SSSR count). The summed E-state index contributed by atoms with van der Waals surface area (Å²) in [6.45, 7) is 25.6. The fourth-order valence-electron chi connectivity index (χ4n) is 6.63. The standard InChI is InChI=1S/C30H28NOS2.C15H28O2.Ir/c1-16(2)11-23-17(3)20-15-26-21(14-24(20)32-23)27-25(34-26)7-9-31-28(27)19-12-18-8-10-33-29(18)22(13-19)30(4,5)6;1-7-14(5,8-2)12(16)11-13(17)15(6,9-3)10-4;/h7-10,13-16H,11H2,1-6H3;11,16H,7-10H2,1-6H3;/q-1;;/b;12-11-;. The molecule has 6 aromatic rings. The first-order valence-corrected chi connectivity index (χ1v) is 20.3. The largest absolute Gasteiger partial charge is 0.512 e. The minimum absolute atomic E-state index is 0. The van der Waals surface area contributed by atoms with Gasteiger partial charge in [-0.15, -0.1) is 34.9 Å². The van der Waals surface area contributed by atoms with Crippen molar-refractivity contribution in [2.45, 2.75) is 121 Å². The Hall–Kier alpha value is -2.83. The Labute approximate surface area is 332 Å². The van der Waals surface area contributed by atoms with E-state index in [1.165, 1.54) is 52.8 Å². The molecule has 0 bridgehead atoms. The van der Waals surface area contributed by atoms with E-state index in [-0.39, 0.29) is 47.9 Å². The van der Waals surface area contributed by atoms with Crippen molar-refractivity contribution >= 4 is 69.7 Å². The predicted molar refractivity (Wildman–Crippen MR) is 222 cm³/mol. The van der Waals surface area contributed by atoms with Gasteiger partial charge in [0.1, 0.15) is 17.1 Å². The molecule has 0 saturated heterocycles. The Morgan fingerprint density at radius 1 is 0.942 bits per heavy atom. The van der Waals surface area contributed by atoms with E-state index in [4.69, 9.17) is 9.40 Å². The summed E-state index contributed by atoms with van der Waals surface area (Å²) >= 11 is 3.64. The number of rotatable bonds is 10. The molecule has 0 fully saturated rings. The molecule has 1 radical (unpaired) electrons. The van der Waals surface area contributed by atoms with Gasteiger partial charge in [0.15, 0.2) is 5.78 Å². The average Bonchev–Trinajstić information content (AvgIpc) is 3.80. The first-order chi connectivity index (χ1) is 24.0. The van der Waals surface area contributed by atoms with Crippen molar-refractivity contribution in [3.05, 3.63) is 76.7 Å². The van der Waals surface area contributed by atoms with Gasteiger partial charge in [0.2, 0.25) is 0 Å². The Morgan fingerprint density at radius 3 is 2.19 bits per heavy atom. The molecule has 0 spiro atoms. The number of ketones is 1. The third kappa shape index (κ3) is 8.14. The summed E-state index contributed by atoms with van der Waals surface area (Å²) in [4.78, 5) is 17.1. The smallest absolute Gasteiger partial charge is 0.164 e. The van der Waals surface area contributed by atoms with E-state index in [9.17, 15) is 9.90 Å². The molecule has 0 aliphatic carbocycles. The number of allylic oxidation sites excluding steroid dienone is 2. The number of aromatic nitrogens is 1. The summed E-state index contributed by atoms with van der Waals surface area (Å²) in [5, 5.41) is 17.1. The third-order valence-electron chi connectivity index (χ3n) is 11.3. The summed E-state index contributed by atoms with van der Waals surface area (Å²) in [7, 11) is 0. The molecule has 52 heavy (non-hydrogen) atoms. The SMILES string of the molecule is CCC(C)(CC)C(=O)/C=C(\O)C(C)(CC)CC.Cc1c(CC(C)C)oc2cc3c(cc12)sc1ccnc(-c2[c-]c4ccsc4c(C(C)(C)C)c2)c13.[Ir]. The summed E-state index contributed by atoms with van der Waals surface area (Å²) in [6, 6.07) is 14.9. The van der Waals surface area contributed by atoms with Crippen LogP contribution in [0.5, 0.6) is 0 Å². The number of hydrogen-bond acceptors (Lipinski definition) is 6. The van der Waals surface area contributed by atoms with Crippen LogP contribution in [0.3, 0.4) is 0 Å². The zero-order valence-corrected chi connectivity index (χ0v) is 37.1. The maximum atomic E-state index is 12.2. The van der Waals surface area contributed by atoms with Crippen molar-refractivity contribution in [2.75, 3.05) is 0 Å². The molecule has 0 unspecified atom stereocenters. The molecule has 2 aromatic carbocycles. The van der Waals surface area contributed by atoms with Gasteiger partial charge in [-0.05, 0) is 88.6 Å². The fourth-order valence-corrected chi connectivity index (χ4v) is 8.83. The van der Waals surface area contributed by atoms with E-state index < -0.39 is 0 Å². The Balaban J connectivity index is 0.000000289. The van der Waals surface area contributed by atoms with E-state index in [0.29, 0.717) is 5.92 Å². The van der Waals surface area contributed by atoms with Gasteiger partial charge in [0.25, 0.3) is 0 Å². The number of fused-ring (bicyclic) bond motifs is 5. The van der Waals surface area contributed by atoms with Gasteiger partial charge in [0.05, 0.1) is 0 Å². The van der Waals surface area contributed by atoms with Crippen molar-refractivity contribution in [1.82, 2.24) is 4.98 Å². The predicted octanol–water partition coefficient (Wildman–Crippen LogP) is 14.3. The van der Waals surface area contributed by atoms with E-state index in [1.807, 2.05) is 59.1 Å². The van der Waals surface area contributed by atoms with Gasteiger partial charge < -0.3 is 9.52 Å². The number of aryl methyl sites for hydroxylation is 1. The fraction of sp³-hybridized carbons (Fsp3) is 0.467. The molecule has 4 nitrogen and oxygen atoms in total. The van der Waals surface area contributed by atoms with Crippen LogP contribution in [0.2, 0.25) is 0 Å². The van der Waals surface area contributed by atoms with Gasteiger partial charge in [-0.3, -0.25) is 9.78 Å². The minimum Gasteiger partial charge on any atom is -0.512 e. The second-order valence-electron chi connectivity index (χ2n) is 16.2. The number of hydrogen-bond donors (Lipinski definition) is 1. The zero-order chi connectivity index (χ0) is 37.5. The Kier molecular flexibility index (Phi) is 13.1.